The summed E-state index contributed by atoms with van der Waals surface area (Å²) in [5.74, 6) is 0.894. The highest BCUT2D eigenvalue weighted by atomic mass is 16.2. The first-order valence-electron chi connectivity index (χ1n) is 11.5. The van der Waals surface area contributed by atoms with Crippen molar-refractivity contribution in [1.82, 2.24) is 19.7 Å². The van der Waals surface area contributed by atoms with Crippen molar-refractivity contribution < 1.29 is 9.59 Å². The molecule has 4 heterocycles. The average molecular weight is 445 g/mol. The molecule has 33 heavy (non-hydrogen) atoms. The van der Waals surface area contributed by atoms with Crippen LogP contribution in [0.25, 0.3) is 22.2 Å². The van der Waals surface area contributed by atoms with Gasteiger partial charge in [-0.1, -0.05) is 24.3 Å². The Bertz CT molecular complexity index is 1270. The molecule has 0 spiro atoms. The van der Waals surface area contributed by atoms with Crippen LogP contribution in [0, 0.1) is 0 Å². The Labute approximate surface area is 192 Å². The van der Waals surface area contributed by atoms with Gasteiger partial charge in [0.1, 0.15) is 5.82 Å². The number of para-hydroxylation sites is 1. The summed E-state index contributed by atoms with van der Waals surface area (Å²) >= 11 is 0. The minimum Gasteiger partial charge on any atom is -0.356 e. The lowest BCUT2D eigenvalue weighted by Crippen LogP contribution is -2.38. The maximum absolute atomic E-state index is 12.7. The first-order valence-corrected chi connectivity index (χ1v) is 11.5. The molecule has 8 heteroatoms. The predicted octanol–water partition coefficient (Wildman–Crippen LogP) is 3.42. The van der Waals surface area contributed by atoms with E-state index in [0.717, 1.165) is 46.5 Å². The molecule has 1 aromatic carbocycles. The summed E-state index contributed by atoms with van der Waals surface area (Å²) in [5, 5.41) is 8.89. The summed E-state index contributed by atoms with van der Waals surface area (Å²) in [5.41, 5.74) is 4.10. The summed E-state index contributed by atoms with van der Waals surface area (Å²) < 4.78 is 4.01. The second-order valence-corrected chi connectivity index (χ2v) is 8.52. The van der Waals surface area contributed by atoms with E-state index in [0.29, 0.717) is 38.9 Å². The summed E-state index contributed by atoms with van der Waals surface area (Å²) in [4.78, 5) is 30.9. The molecule has 5 rings (SSSR count). The van der Waals surface area contributed by atoms with Gasteiger partial charge in [-0.2, -0.15) is 5.10 Å². The molecule has 0 saturated carbocycles. The lowest BCUT2D eigenvalue weighted by atomic mass is 10.1. The van der Waals surface area contributed by atoms with Crippen molar-refractivity contribution in [2.24, 2.45) is 12.0 Å². The van der Waals surface area contributed by atoms with E-state index in [1.807, 2.05) is 36.1 Å². The molecule has 1 N–H and O–H groups in total. The number of hydrogen-bond donors (Lipinski definition) is 1. The smallest absolute Gasteiger partial charge is 0.229 e. The number of allylic oxidation sites excluding steroid dienone is 1. The Balaban J connectivity index is 1.24. The maximum Gasteiger partial charge on any atom is 0.229 e. The predicted molar refractivity (Wildman–Crippen MR) is 129 cm³/mol. The number of carbonyl (C=O) groups is 2. The Hall–Kier alpha value is -3.68. The van der Waals surface area contributed by atoms with Crippen LogP contribution >= 0.6 is 0 Å². The number of amides is 2. The Morgan fingerprint density at radius 1 is 1.24 bits per heavy atom. The van der Waals surface area contributed by atoms with Gasteiger partial charge in [0.05, 0.1) is 12.2 Å². The number of aliphatic imine (C=N–C) groups is 1. The van der Waals surface area contributed by atoms with Crippen LogP contribution in [0.3, 0.4) is 0 Å². The zero-order valence-corrected chi connectivity index (χ0v) is 18.8. The van der Waals surface area contributed by atoms with Crippen molar-refractivity contribution in [3.8, 4) is 11.3 Å². The number of anilines is 1. The molecule has 0 unspecified atom stereocenters. The van der Waals surface area contributed by atoms with E-state index in [-0.39, 0.29) is 11.8 Å². The Morgan fingerprint density at radius 3 is 2.97 bits per heavy atom. The largest absolute Gasteiger partial charge is 0.356 e. The molecule has 2 aliphatic rings. The van der Waals surface area contributed by atoms with Gasteiger partial charge in [0, 0.05) is 86.5 Å². The third-order valence-electron chi connectivity index (χ3n) is 6.25. The quantitative estimate of drug-likeness (QED) is 0.578. The molecule has 0 bridgehead atoms. The number of nitrogens with zero attached hydrogens (tertiary/aromatic N) is 5. The van der Waals surface area contributed by atoms with Crippen molar-refractivity contribution in [2.75, 3.05) is 18.0 Å². The van der Waals surface area contributed by atoms with Gasteiger partial charge in [0.2, 0.25) is 11.8 Å². The van der Waals surface area contributed by atoms with Crippen LogP contribution in [0.1, 0.15) is 32.1 Å². The van der Waals surface area contributed by atoms with E-state index in [1.54, 1.807) is 4.90 Å². The van der Waals surface area contributed by atoms with Crippen LogP contribution in [0.4, 0.5) is 5.82 Å². The van der Waals surface area contributed by atoms with Gasteiger partial charge >= 0.3 is 0 Å². The normalized spacial score (nSPS) is 15.2. The summed E-state index contributed by atoms with van der Waals surface area (Å²) in [6.45, 7) is 1.67. The van der Waals surface area contributed by atoms with Crippen molar-refractivity contribution in [1.29, 1.82) is 0 Å². The lowest BCUT2D eigenvalue weighted by Gasteiger charge is -2.27. The first kappa shape index (κ1) is 21.2. The van der Waals surface area contributed by atoms with Gasteiger partial charge in [0.15, 0.2) is 0 Å². The fourth-order valence-corrected chi connectivity index (χ4v) is 4.56. The third kappa shape index (κ3) is 4.33. The average Bonchev–Trinajstić information content (AvgIpc) is 3.55. The molecule has 3 aromatic rings. The number of rotatable bonds is 8. The maximum atomic E-state index is 12.7. The molecule has 0 aliphatic carbocycles. The van der Waals surface area contributed by atoms with E-state index in [4.69, 9.17) is 5.10 Å². The molecule has 0 atom stereocenters. The van der Waals surface area contributed by atoms with Gasteiger partial charge in [0.25, 0.3) is 0 Å². The zero-order chi connectivity index (χ0) is 22.8. The Morgan fingerprint density at radius 2 is 2.12 bits per heavy atom. The molecule has 0 radical (unpaired) electrons. The number of hydrogen-bond acceptors (Lipinski definition) is 4. The van der Waals surface area contributed by atoms with Crippen molar-refractivity contribution >= 4 is 34.7 Å². The summed E-state index contributed by atoms with van der Waals surface area (Å²) in [6.07, 6.45) is 9.08. The fourth-order valence-electron chi connectivity index (χ4n) is 4.56. The molecule has 0 saturated heterocycles. The van der Waals surface area contributed by atoms with Gasteiger partial charge < -0.3 is 9.88 Å². The number of fused-ring (bicyclic) bond motifs is 2. The number of aryl methyl sites for hydroxylation is 2. The van der Waals surface area contributed by atoms with Crippen LogP contribution in [-0.2, 0) is 23.2 Å². The van der Waals surface area contributed by atoms with Gasteiger partial charge in [-0.15, -0.1) is 0 Å². The van der Waals surface area contributed by atoms with E-state index in [2.05, 4.69) is 39.3 Å². The zero-order valence-electron chi connectivity index (χ0n) is 18.8. The van der Waals surface area contributed by atoms with Crippen molar-refractivity contribution in [2.45, 2.75) is 38.6 Å². The standard InChI is InChI=1S/C25H28N6O2/c1-29-17-20(19-7-2-3-8-22(19)29)21-16-24-30(25(33)11-15-31(24)28-21)14-5-9-23(32)27-13-10-18-6-4-12-26-18/h2-3,6-8,12,16-17H,4-5,9-11,13-15H2,1H3,(H,27,32). The molecule has 0 fully saturated rings. The Kier molecular flexibility index (Phi) is 5.81. The van der Waals surface area contributed by atoms with Crippen LogP contribution in [0.2, 0.25) is 0 Å². The summed E-state index contributed by atoms with van der Waals surface area (Å²) in [6, 6.07) is 10.2. The van der Waals surface area contributed by atoms with E-state index in [1.165, 1.54) is 0 Å². The molecular formula is C25H28N6O2. The van der Waals surface area contributed by atoms with Crippen LogP contribution < -0.4 is 10.2 Å². The van der Waals surface area contributed by atoms with Crippen LogP contribution in [-0.4, -0.2) is 45.5 Å². The van der Waals surface area contributed by atoms with E-state index in [9.17, 15) is 9.59 Å². The second kappa shape index (κ2) is 9.05. The minimum atomic E-state index is 0.00647. The van der Waals surface area contributed by atoms with Gasteiger partial charge in [-0.05, 0) is 12.5 Å². The number of carbonyl (C=O) groups excluding carboxylic acids is 2. The molecule has 2 aliphatic heterocycles. The van der Waals surface area contributed by atoms with Crippen molar-refractivity contribution in [3.05, 3.63) is 48.3 Å². The number of aromatic nitrogens is 3. The SMILES string of the molecule is Cn1cc(-c2cc3n(n2)CCC(=O)N3CCCC(=O)NCCC2=CCC=N2)c2ccccc21. The molecular weight excluding hydrogens is 416 g/mol. The highest BCUT2D eigenvalue weighted by molar-refractivity contribution is 5.98. The number of benzene rings is 1. The number of nitrogens with one attached hydrogen (secondary N) is 1. The first-order chi connectivity index (χ1) is 16.1. The second-order valence-electron chi connectivity index (χ2n) is 8.52. The molecule has 8 nitrogen and oxygen atoms in total. The highest BCUT2D eigenvalue weighted by Gasteiger charge is 2.27. The van der Waals surface area contributed by atoms with E-state index < -0.39 is 0 Å². The topological polar surface area (TPSA) is 84.5 Å². The van der Waals surface area contributed by atoms with Gasteiger partial charge in [-0.3, -0.25) is 19.5 Å². The minimum absolute atomic E-state index is 0.00647. The summed E-state index contributed by atoms with van der Waals surface area (Å²) in [7, 11) is 2.03. The van der Waals surface area contributed by atoms with Crippen LogP contribution in [0.5, 0.6) is 0 Å². The highest BCUT2D eigenvalue weighted by Crippen LogP contribution is 2.33. The monoisotopic (exact) mass is 444 g/mol. The van der Waals surface area contributed by atoms with E-state index >= 15 is 0 Å². The van der Waals surface area contributed by atoms with Gasteiger partial charge in [-0.25, -0.2) is 4.68 Å². The lowest BCUT2D eigenvalue weighted by molar-refractivity contribution is -0.122. The third-order valence-corrected chi connectivity index (χ3v) is 6.25. The molecule has 2 amide bonds. The molecule has 2 aromatic heterocycles. The fraction of sp³-hybridized carbons (Fsp3) is 0.360. The van der Waals surface area contributed by atoms with Crippen molar-refractivity contribution in [3.63, 3.8) is 0 Å². The molecule has 170 valence electrons. The van der Waals surface area contributed by atoms with Crippen LogP contribution in [0.15, 0.2) is 53.3 Å².